The maximum atomic E-state index is 12.2. The Kier molecular flexibility index (Phi) is 10.0. The zero-order valence-corrected chi connectivity index (χ0v) is 19.9. The summed E-state index contributed by atoms with van der Waals surface area (Å²) < 4.78 is 5.42. The standard InChI is InChI=1S/C23H31N7O2S/c1-3-18(22(31)27-8-4-7-24-2)16-25-9-6-20-17-28-23(33-20)29-21-15-19(5-10-26-21)30-11-13-32-14-12-30/h3,5-6,9-10,15-17,24H,4,7-8,11-14H2,1-2H3,(H,27,31)(H,26,28,29)/b9-6+,18-3+,25-16-. The number of morpholine rings is 1. The fourth-order valence-electron chi connectivity index (χ4n) is 3.11. The summed E-state index contributed by atoms with van der Waals surface area (Å²) in [4.78, 5) is 28.4. The molecule has 1 aliphatic rings. The third kappa shape index (κ3) is 8.08. The van der Waals surface area contributed by atoms with Crippen molar-refractivity contribution in [1.82, 2.24) is 20.6 Å². The number of aromatic nitrogens is 2. The summed E-state index contributed by atoms with van der Waals surface area (Å²) in [6.45, 7) is 6.55. The first-order valence-corrected chi connectivity index (χ1v) is 11.8. The highest BCUT2D eigenvalue weighted by atomic mass is 32.1. The average Bonchev–Trinajstić information content (AvgIpc) is 3.29. The number of nitrogens with one attached hydrogen (secondary N) is 3. The van der Waals surface area contributed by atoms with Gasteiger partial charge >= 0.3 is 0 Å². The predicted molar refractivity (Wildman–Crippen MR) is 136 cm³/mol. The van der Waals surface area contributed by atoms with Crippen LogP contribution in [0.15, 0.2) is 47.4 Å². The molecule has 3 rings (SSSR count). The Labute approximate surface area is 198 Å². The molecule has 2 aromatic heterocycles. The van der Waals surface area contributed by atoms with E-state index in [1.165, 1.54) is 11.3 Å². The number of carbonyl (C=O) groups is 1. The molecule has 10 heteroatoms. The van der Waals surface area contributed by atoms with E-state index in [2.05, 4.69) is 35.8 Å². The number of rotatable bonds is 11. The van der Waals surface area contributed by atoms with Crippen molar-refractivity contribution in [3.63, 3.8) is 0 Å². The summed E-state index contributed by atoms with van der Waals surface area (Å²) in [5.74, 6) is 0.627. The van der Waals surface area contributed by atoms with Gasteiger partial charge in [0.2, 0.25) is 0 Å². The Balaban J connectivity index is 1.51. The first-order chi connectivity index (χ1) is 16.2. The van der Waals surface area contributed by atoms with Crippen molar-refractivity contribution in [2.24, 2.45) is 4.99 Å². The van der Waals surface area contributed by atoms with Crippen molar-refractivity contribution in [2.45, 2.75) is 13.3 Å². The topological polar surface area (TPSA) is 104 Å². The van der Waals surface area contributed by atoms with Gasteiger partial charge in [-0.15, -0.1) is 0 Å². The Morgan fingerprint density at radius 1 is 1.30 bits per heavy atom. The van der Waals surface area contributed by atoms with Gasteiger partial charge in [-0.1, -0.05) is 17.4 Å². The Bertz CT molecular complexity index is 981. The molecule has 9 nitrogen and oxygen atoms in total. The van der Waals surface area contributed by atoms with E-state index < -0.39 is 0 Å². The van der Waals surface area contributed by atoms with Crippen LogP contribution in [-0.4, -0.2) is 68.5 Å². The number of allylic oxidation sites excluding steroid dienone is 1. The number of carbonyl (C=O) groups excluding carboxylic acids is 1. The molecule has 0 bridgehead atoms. The lowest BCUT2D eigenvalue weighted by Gasteiger charge is -2.28. The number of pyridine rings is 1. The quantitative estimate of drug-likeness (QED) is 0.264. The summed E-state index contributed by atoms with van der Waals surface area (Å²) in [6.07, 6.45) is 11.3. The van der Waals surface area contributed by atoms with Gasteiger partial charge in [0.15, 0.2) is 5.13 Å². The largest absolute Gasteiger partial charge is 0.378 e. The zero-order valence-electron chi connectivity index (χ0n) is 19.1. The highest BCUT2D eigenvalue weighted by Crippen LogP contribution is 2.25. The SMILES string of the molecule is C\C=C(/C=N\C=C\c1cnc(Nc2cc(N3CCOCC3)ccn2)s1)C(=O)NCCCNC. The van der Waals surface area contributed by atoms with E-state index in [4.69, 9.17) is 4.74 Å². The summed E-state index contributed by atoms with van der Waals surface area (Å²) in [6, 6.07) is 4.03. The molecule has 3 heterocycles. The number of aliphatic imine (C=N–C) groups is 1. The summed E-state index contributed by atoms with van der Waals surface area (Å²) in [5, 5.41) is 9.95. The highest BCUT2D eigenvalue weighted by Gasteiger charge is 2.12. The first kappa shape index (κ1) is 24.6. The third-order valence-corrected chi connectivity index (χ3v) is 5.76. The minimum atomic E-state index is -0.123. The van der Waals surface area contributed by atoms with Crippen LogP contribution in [0.1, 0.15) is 18.2 Å². The zero-order chi connectivity index (χ0) is 23.3. The van der Waals surface area contributed by atoms with Crippen LogP contribution in [0.5, 0.6) is 0 Å². The average molecular weight is 470 g/mol. The van der Waals surface area contributed by atoms with Crippen LogP contribution in [0.25, 0.3) is 6.08 Å². The van der Waals surface area contributed by atoms with Gasteiger partial charge in [0.05, 0.1) is 23.7 Å². The van der Waals surface area contributed by atoms with Crippen molar-refractivity contribution in [2.75, 3.05) is 56.7 Å². The maximum Gasteiger partial charge on any atom is 0.252 e. The lowest BCUT2D eigenvalue weighted by molar-refractivity contribution is -0.116. The molecule has 0 aromatic carbocycles. The third-order valence-electron chi connectivity index (χ3n) is 4.88. The molecule has 1 aliphatic heterocycles. The van der Waals surface area contributed by atoms with E-state index in [0.717, 1.165) is 60.8 Å². The van der Waals surface area contributed by atoms with Gasteiger partial charge in [0.25, 0.3) is 5.91 Å². The number of amides is 1. The Morgan fingerprint density at radius 3 is 2.94 bits per heavy atom. The first-order valence-electron chi connectivity index (χ1n) is 11.0. The monoisotopic (exact) mass is 469 g/mol. The van der Waals surface area contributed by atoms with Crippen molar-refractivity contribution in [3.05, 3.63) is 47.3 Å². The van der Waals surface area contributed by atoms with E-state index in [1.54, 1.807) is 30.9 Å². The van der Waals surface area contributed by atoms with E-state index in [-0.39, 0.29) is 5.91 Å². The highest BCUT2D eigenvalue weighted by molar-refractivity contribution is 7.16. The van der Waals surface area contributed by atoms with Gasteiger partial charge in [0, 0.05) is 56.2 Å². The van der Waals surface area contributed by atoms with E-state index in [0.29, 0.717) is 12.1 Å². The number of anilines is 3. The molecule has 2 aromatic rings. The second kappa shape index (κ2) is 13.5. The molecule has 176 valence electrons. The second-order valence-electron chi connectivity index (χ2n) is 7.24. The summed E-state index contributed by atoms with van der Waals surface area (Å²) >= 11 is 1.50. The van der Waals surface area contributed by atoms with Crippen molar-refractivity contribution < 1.29 is 9.53 Å². The van der Waals surface area contributed by atoms with Crippen molar-refractivity contribution >= 4 is 46.2 Å². The number of hydrogen-bond acceptors (Lipinski definition) is 9. The molecular formula is C23H31N7O2S. The number of nitrogens with zero attached hydrogens (tertiary/aromatic N) is 4. The molecule has 1 saturated heterocycles. The van der Waals surface area contributed by atoms with Crippen LogP contribution in [-0.2, 0) is 9.53 Å². The molecule has 0 aliphatic carbocycles. The van der Waals surface area contributed by atoms with Crippen LogP contribution in [0.3, 0.4) is 0 Å². The Hall–Kier alpha value is -3.08. The van der Waals surface area contributed by atoms with Crippen LogP contribution in [0.4, 0.5) is 16.6 Å². The van der Waals surface area contributed by atoms with Gasteiger partial charge in [-0.25, -0.2) is 9.97 Å². The molecular weight excluding hydrogens is 438 g/mol. The summed E-state index contributed by atoms with van der Waals surface area (Å²) in [7, 11) is 1.89. The van der Waals surface area contributed by atoms with E-state index in [1.807, 2.05) is 32.2 Å². The van der Waals surface area contributed by atoms with Gasteiger partial charge in [-0.05, 0) is 39.1 Å². The van der Waals surface area contributed by atoms with Gasteiger partial charge < -0.3 is 25.6 Å². The van der Waals surface area contributed by atoms with E-state index in [9.17, 15) is 4.79 Å². The van der Waals surface area contributed by atoms with Crippen molar-refractivity contribution in [1.29, 1.82) is 0 Å². The molecule has 1 fully saturated rings. The van der Waals surface area contributed by atoms with Crippen molar-refractivity contribution in [3.8, 4) is 0 Å². The fourth-order valence-corrected chi connectivity index (χ4v) is 3.83. The van der Waals surface area contributed by atoms with Gasteiger partial charge in [-0.2, -0.15) is 0 Å². The maximum absolute atomic E-state index is 12.2. The normalized spacial score (nSPS) is 14.8. The number of hydrogen-bond donors (Lipinski definition) is 3. The molecule has 0 saturated carbocycles. The smallest absolute Gasteiger partial charge is 0.252 e. The lowest BCUT2D eigenvalue weighted by atomic mass is 10.2. The minimum Gasteiger partial charge on any atom is -0.378 e. The molecule has 33 heavy (non-hydrogen) atoms. The summed E-state index contributed by atoms with van der Waals surface area (Å²) in [5.41, 5.74) is 1.65. The number of ether oxygens (including phenoxy) is 1. The predicted octanol–water partition coefficient (Wildman–Crippen LogP) is 2.83. The minimum absolute atomic E-state index is 0.123. The van der Waals surface area contributed by atoms with E-state index >= 15 is 0 Å². The Morgan fingerprint density at radius 2 is 2.15 bits per heavy atom. The number of thiazole rings is 1. The van der Waals surface area contributed by atoms with Gasteiger partial charge in [-0.3, -0.25) is 9.79 Å². The molecule has 1 amide bonds. The molecule has 0 atom stereocenters. The van der Waals surface area contributed by atoms with Crippen LogP contribution >= 0.6 is 11.3 Å². The van der Waals surface area contributed by atoms with Crippen LogP contribution in [0.2, 0.25) is 0 Å². The molecule has 0 radical (unpaired) electrons. The van der Waals surface area contributed by atoms with Crippen LogP contribution in [0, 0.1) is 0 Å². The molecule has 0 spiro atoms. The lowest BCUT2D eigenvalue weighted by Crippen LogP contribution is -2.36. The molecule has 3 N–H and O–H groups in total. The fraction of sp³-hybridized carbons (Fsp3) is 0.391. The van der Waals surface area contributed by atoms with Gasteiger partial charge in [0.1, 0.15) is 5.82 Å². The van der Waals surface area contributed by atoms with Crippen LogP contribution < -0.4 is 20.9 Å². The molecule has 0 unspecified atom stereocenters. The second-order valence-corrected chi connectivity index (χ2v) is 8.30.